The first-order valence-corrected chi connectivity index (χ1v) is 7.34. The van der Waals surface area contributed by atoms with Gasteiger partial charge in [-0.05, 0) is 50.6 Å². The van der Waals surface area contributed by atoms with Gasteiger partial charge in [-0.3, -0.25) is 0 Å². The summed E-state index contributed by atoms with van der Waals surface area (Å²) < 4.78 is 0. The molecule has 0 aliphatic carbocycles. The molecule has 2 N–H and O–H groups in total. The van der Waals surface area contributed by atoms with Gasteiger partial charge in [-0.1, -0.05) is 6.07 Å². The lowest BCUT2D eigenvalue weighted by molar-refractivity contribution is 0.473. The van der Waals surface area contributed by atoms with E-state index in [-0.39, 0.29) is 11.5 Å². The maximum atomic E-state index is 10.1. The van der Waals surface area contributed by atoms with Gasteiger partial charge in [0.15, 0.2) is 0 Å². The van der Waals surface area contributed by atoms with Crippen molar-refractivity contribution in [3.63, 3.8) is 0 Å². The quantitative estimate of drug-likeness (QED) is 0.788. The van der Waals surface area contributed by atoms with Gasteiger partial charge in [0.25, 0.3) is 0 Å². The summed E-state index contributed by atoms with van der Waals surface area (Å²) in [4.78, 5) is 2.13. The van der Waals surface area contributed by atoms with Crippen LogP contribution in [0.4, 0.5) is 17.1 Å². The molecule has 5 heteroatoms. The van der Waals surface area contributed by atoms with Crippen molar-refractivity contribution < 1.29 is 10.2 Å². The fourth-order valence-corrected chi connectivity index (χ4v) is 2.21. The molecule has 0 heterocycles. The van der Waals surface area contributed by atoms with Gasteiger partial charge in [0, 0.05) is 24.8 Å². The van der Waals surface area contributed by atoms with E-state index in [1.807, 2.05) is 19.1 Å². The van der Waals surface area contributed by atoms with Gasteiger partial charge in [0.1, 0.15) is 22.9 Å². The molecule has 2 aromatic rings. The predicted molar refractivity (Wildman–Crippen MR) is 88.7 cm³/mol. The Kier molecular flexibility index (Phi) is 4.99. The SMILES string of the molecule is CCN(CC)c1ccc(N=Nc2ccc(C)cc2O)c(O)c1. The highest BCUT2D eigenvalue weighted by atomic mass is 16.3. The van der Waals surface area contributed by atoms with E-state index in [2.05, 4.69) is 29.0 Å². The highest BCUT2D eigenvalue weighted by Gasteiger charge is 2.07. The summed E-state index contributed by atoms with van der Waals surface area (Å²) in [6, 6.07) is 10.5. The van der Waals surface area contributed by atoms with Crippen molar-refractivity contribution in [2.75, 3.05) is 18.0 Å². The standard InChI is InChI=1S/C17H21N3O2/c1-4-20(5-2)13-7-9-15(17(22)11-13)19-18-14-8-6-12(3)10-16(14)21/h6-11,21-22H,4-5H2,1-3H3. The Morgan fingerprint density at radius 2 is 1.41 bits per heavy atom. The second-order valence-corrected chi connectivity index (χ2v) is 5.04. The van der Waals surface area contributed by atoms with Gasteiger partial charge in [0.05, 0.1) is 0 Å². The van der Waals surface area contributed by atoms with Crippen molar-refractivity contribution in [2.45, 2.75) is 20.8 Å². The number of phenols is 2. The number of benzene rings is 2. The van der Waals surface area contributed by atoms with Crippen LogP contribution in [0.3, 0.4) is 0 Å². The lowest BCUT2D eigenvalue weighted by atomic mass is 10.2. The summed E-state index contributed by atoms with van der Waals surface area (Å²) in [5, 5.41) is 27.9. The Morgan fingerprint density at radius 3 is 1.91 bits per heavy atom. The maximum Gasteiger partial charge on any atom is 0.145 e. The van der Waals surface area contributed by atoms with Crippen molar-refractivity contribution in [3.05, 3.63) is 42.0 Å². The van der Waals surface area contributed by atoms with Crippen LogP contribution in [-0.2, 0) is 0 Å². The molecule has 22 heavy (non-hydrogen) atoms. The lowest BCUT2D eigenvalue weighted by Gasteiger charge is -2.21. The molecule has 0 fully saturated rings. The largest absolute Gasteiger partial charge is 0.506 e. The minimum absolute atomic E-state index is 0.0692. The number of aryl methyl sites for hydroxylation is 1. The van der Waals surface area contributed by atoms with Crippen molar-refractivity contribution in [2.24, 2.45) is 10.2 Å². The van der Waals surface area contributed by atoms with Crippen LogP contribution in [0, 0.1) is 6.92 Å². The molecule has 2 rings (SSSR count). The lowest BCUT2D eigenvalue weighted by Crippen LogP contribution is -2.21. The molecule has 0 unspecified atom stereocenters. The Morgan fingerprint density at radius 1 is 0.864 bits per heavy atom. The molecule has 0 bridgehead atoms. The van der Waals surface area contributed by atoms with E-state index in [0.29, 0.717) is 11.4 Å². The minimum atomic E-state index is 0.0692. The Hall–Kier alpha value is -2.56. The van der Waals surface area contributed by atoms with Gasteiger partial charge >= 0.3 is 0 Å². The van der Waals surface area contributed by atoms with Crippen LogP contribution in [-0.4, -0.2) is 23.3 Å². The second kappa shape index (κ2) is 6.93. The fourth-order valence-electron chi connectivity index (χ4n) is 2.21. The monoisotopic (exact) mass is 299 g/mol. The third-order valence-corrected chi connectivity index (χ3v) is 3.48. The first kappa shape index (κ1) is 15.8. The second-order valence-electron chi connectivity index (χ2n) is 5.04. The molecule has 5 nitrogen and oxygen atoms in total. The molecule has 0 radical (unpaired) electrons. The number of aromatic hydroxyl groups is 2. The number of nitrogens with zero attached hydrogens (tertiary/aromatic N) is 3. The number of anilines is 1. The van der Waals surface area contributed by atoms with Crippen molar-refractivity contribution in [1.82, 2.24) is 0 Å². The topological polar surface area (TPSA) is 68.4 Å². The van der Waals surface area contributed by atoms with Gasteiger partial charge in [-0.25, -0.2) is 0 Å². The van der Waals surface area contributed by atoms with Gasteiger partial charge in [0.2, 0.25) is 0 Å². The molecule has 0 aliphatic rings. The first-order chi connectivity index (χ1) is 10.5. The zero-order valence-corrected chi connectivity index (χ0v) is 13.1. The van der Waals surface area contributed by atoms with Crippen LogP contribution < -0.4 is 4.90 Å². The van der Waals surface area contributed by atoms with E-state index < -0.39 is 0 Å². The maximum absolute atomic E-state index is 10.1. The smallest absolute Gasteiger partial charge is 0.145 e. The molecule has 0 aromatic heterocycles. The fraction of sp³-hybridized carbons (Fsp3) is 0.294. The Balaban J connectivity index is 2.24. The summed E-state index contributed by atoms with van der Waals surface area (Å²) in [5.74, 6) is 0.141. The summed E-state index contributed by atoms with van der Waals surface area (Å²) >= 11 is 0. The molecule has 2 aromatic carbocycles. The number of hydrogen-bond acceptors (Lipinski definition) is 5. The molecule has 0 amide bonds. The number of phenolic OH excluding ortho intramolecular Hbond substituents is 2. The highest BCUT2D eigenvalue weighted by molar-refractivity contribution is 5.61. The molecule has 0 atom stereocenters. The zero-order chi connectivity index (χ0) is 16.1. The van der Waals surface area contributed by atoms with E-state index in [0.717, 1.165) is 24.3 Å². The minimum Gasteiger partial charge on any atom is -0.506 e. The average molecular weight is 299 g/mol. The van der Waals surface area contributed by atoms with Crippen molar-refractivity contribution >= 4 is 17.1 Å². The summed E-state index contributed by atoms with van der Waals surface area (Å²) in [5.41, 5.74) is 2.64. The average Bonchev–Trinajstić information content (AvgIpc) is 2.49. The van der Waals surface area contributed by atoms with Gasteiger partial charge in [-0.15, -0.1) is 10.2 Å². The van der Waals surface area contributed by atoms with Crippen LogP contribution in [0.2, 0.25) is 0 Å². The molecule has 0 aliphatic heterocycles. The van der Waals surface area contributed by atoms with Crippen LogP contribution in [0.25, 0.3) is 0 Å². The van der Waals surface area contributed by atoms with Crippen molar-refractivity contribution in [1.29, 1.82) is 0 Å². The van der Waals surface area contributed by atoms with Gasteiger partial charge < -0.3 is 15.1 Å². The first-order valence-electron chi connectivity index (χ1n) is 7.34. The van der Waals surface area contributed by atoms with E-state index in [1.54, 1.807) is 24.3 Å². The van der Waals surface area contributed by atoms with Crippen LogP contribution in [0.1, 0.15) is 19.4 Å². The van der Waals surface area contributed by atoms with Crippen LogP contribution in [0.15, 0.2) is 46.6 Å². The van der Waals surface area contributed by atoms with Gasteiger partial charge in [-0.2, -0.15) is 0 Å². The van der Waals surface area contributed by atoms with E-state index in [9.17, 15) is 10.2 Å². The molecular formula is C17H21N3O2. The van der Waals surface area contributed by atoms with E-state index in [1.165, 1.54) is 0 Å². The van der Waals surface area contributed by atoms with Crippen molar-refractivity contribution in [3.8, 4) is 11.5 Å². The Bertz CT molecular complexity index is 680. The zero-order valence-electron chi connectivity index (χ0n) is 13.1. The molecule has 0 spiro atoms. The summed E-state index contributed by atoms with van der Waals surface area (Å²) in [7, 11) is 0. The number of rotatable bonds is 5. The molecule has 0 saturated carbocycles. The number of azo groups is 1. The Labute approximate surface area is 130 Å². The van der Waals surface area contributed by atoms with E-state index in [4.69, 9.17) is 0 Å². The summed E-state index contributed by atoms with van der Waals surface area (Å²) in [6.07, 6.45) is 0. The normalized spacial score (nSPS) is 11.0. The predicted octanol–water partition coefficient (Wildman–Crippen LogP) is 4.67. The van der Waals surface area contributed by atoms with Crippen LogP contribution >= 0.6 is 0 Å². The van der Waals surface area contributed by atoms with Crippen LogP contribution in [0.5, 0.6) is 11.5 Å². The molecule has 116 valence electrons. The highest BCUT2D eigenvalue weighted by Crippen LogP contribution is 2.34. The molecular weight excluding hydrogens is 278 g/mol. The summed E-state index contributed by atoms with van der Waals surface area (Å²) in [6.45, 7) is 7.75. The molecule has 0 saturated heterocycles. The third kappa shape index (κ3) is 3.55. The third-order valence-electron chi connectivity index (χ3n) is 3.48. The van der Waals surface area contributed by atoms with E-state index >= 15 is 0 Å². The number of hydrogen-bond donors (Lipinski definition) is 2.